The fourth-order valence-corrected chi connectivity index (χ4v) is 4.14. The van der Waals surface area contributed by atoms with Gasteiger partial charge in [0.05, 0.1) is 7.11 Å². The maximum Gasteiger partial charge on any atom is 0.330 e. The number of benzene rings is 2. The van der Waals surface area contributed by atoms with Crippen molar-refractivity contribution in [3.8, 4) is 0 Å². The van der Waals surface area contributed by atoms with E-state index in [0.717, 1.165) is 25.2 Å². The zero-order valence-electron chi connectivity index (χ0n) is 13.8. The Hall–Kier alpha value is -2.39. The molecule has 0 aromatic heterocycles. The summed E-state index contributed by atoms with van der Waals surface area (Å²) >= 11 is 0. The third kappa shape index (κ3) is 2.65. The van der Waals surface area contributed by atoms with Crippen LogP contribution in [-0.2, 0) is 16.1 Å². The lowest BCUT2D eigenvalue weighted by atomic mass is 9.94. The van der Waals surface area contributed by atoms with E-state index in [2.05, 4.69) is 53.4 Å². The Labute approximate surface area is 142 Å². The second kappa shape index (κ2) is 6.25. The van der Waals surface area contributed by atoms with Gasteiger partial charge < -0.3 is 4.74 Å². The molecule has 0 saturated carbocycles. The maximum atomic E-state index is 11.8. The molecule has 1 aliphatic carbocycles. The van der Waals surface area contributed by atoms with Crippen LogP contribution >= 0.6 is 0 Å². The summed E-state index contributed by atoms with van der Waals surface area (Å²) in [4.78, 5) is 14.3. The van der Waals surface area contributed by atoms with Gasteiger partial charge in [0.2, 0.25) is 0 Å². The lowest BCUT2D eigenvalue weighted by Crippen LogP contribution is -2.21. The summed E-state index contributed by atoms with van der Waals surface area (Å²) in [5.41, 5.74) is 5.06. The predicted octanol–water partition coefficient (Wildman–Crippen LogP) is 3.47. The molecule has 2 aromatic carbocycles. The van der Waals surface area contributed by atoms with E-state index in [-0.39, 0.29) is 5.97 Å². The largest absolute Gasteiger partial charge is 0.466 e. The molecule has 2 aliphatic rings. The van der Waals surface area contributed by atoms with Gasteiger partial charge in [0, 0.05) is 37.5 Å². The average Bonchev–Trinajstić information content (AvgIpc) is 3.14. The van der Waals surface area contributed by atoms with Crippen molar-refractivity contribution in [1.82, 2.24) is 4.90 Å². The van der Waals surface area contributed by atoms with E-state index in [1.165, 1.54) is 23.8 Å². The van der Waals surface area contributed by atoms with E-state index in [9.17, 15) is 4.79 Å². The maximum absolute atomic E-state index is 11.8. The Morgan fingerprint density at radius 1 is 1.08 bits per heavy atom. The van der Waals surface area contributed by atoms with Gasteiger partial charge in [-0.2, -0.15) is 0 Å². The monoisotopic (exact) mass is 319 g/mol. The van der Waals surface area contributed by atoms with Crippen LogP contribution in [0.3, 0.4) is 0 Å². The van der Waals surface area contributed by atoms with Crippen molar-refractivity contribution >= 4 is 11.5 Å². The number of ether oxygens (including phenoxy) is 1. The highest BCUT2D eigenvalue weighted by Gasteiger charge is 2.42. The normalized spacial score (nSPS) is 24.0. The highest BCUT2D eigenvalue weighted by molar-refractivity contribution is 5.94. The number of hydrogen-bond donors (Lipinski definition) is 0. The number of hydrogen-bond acceptors (Lipinski definition) is 3. The van der Waals surface area contributed by atoms with Gasteiger partial charge in [-0.25, -0.2) is 4.79 Å². The summed E-state index contributed by atoms with van der Waals surface area (Å²) in [5.74, 6) is 0.591. The molecule has 0 N–H and O–H groups in total. The number of carbonyl (C=O) groups is 1. The molecule has 1 aliphatic heterocycles. The zero-order chi connectivity index (χ0) is 16.5. The van der Waals surface area contributed by atoms with Crippen molar-refractivity contribution in [3.63, 3.8) is 0 Å². The lowest BCUT2D eigenvalue weighted by Gasteiger charge is -2.18. The number of fused-ring (bicyclic) bond motifs is 3. The van der Waals surface area contributed by atoms with E-state index in [4.69, 9.17) is 4.74 Å². The third-order valence-electron chi connectivity index (χ3n) is 5.19. The molecule has 2 aromatic rings. The third-order valence-corrected chi connectivity index (χ3v) is 5.19. The molecular weight excluding hydrogens is 298 g/mol. The van der Waals surface area contributed by atoms with Crippen molar-refractivity contribution in [3.05, 3.63) is 77.4 Å². The zero-order valence-corrected chi connectivity index (χ0v) is 13.8. The molecule has 2 atom stereocenters. The van der Waals surface area contributed by atoms with Crippen LogP contribution in [0.25, 0.3) is 5.57 Å². The summed E-state index contributed by atoms with van der Waals surface area (Å²) in [6, 6.07) is 19.1. The van der Waals surface area contributed by atoms with Gasteiger partial charge in [-0.15, -0.1) is 0 Å². The molecule has 0 amide bonds. The van der Waals surface area contributed by atoms with Crippen molar-refractivity contribution in [2.24, 2.45) is 5.92 Å². The van der Waals surface area contributed by atoms with Crippen LogP contribution in [0.4, 0.5) is 0 Å². The van der Waals surface area contributed by atoms with Gasteiger partial charge in [-0.05, 0) is 22.3 Å². The number of rotatable bonds is 3. The van der Waals surface area contributed by atoms with Crippen LogP contribution in [0, 0.1) is 5.92 Å². The first kappa shape index (κ1) is 15.2. The Kier molecular flexibility index (Phi) is 3.95. The van der Waals surface area contributed by atoms with Gasteiger partial charge in [0.15, 0.2) is 0 Å². The first-order valence-corrected chi connectivity index (χ1v) is 8.41. The highest BCUT2D eigenvalue weighted by atomic mass is 16.5. The van der Waals surface area contributed by atoms with Crippen molar-refractivity contribution in [2.75, 3.05) is 20.2 Å². The minimum Gasteiger partial charge on any atom is -0.466 e. The number of esters is 1. The molecule has 1 heterocycles. The van der Waals surface area contributed by atoms with E-state index in [1.807, 2.05) is 6.07 Å². The van der Waals surface area contributed by atoms with Crippen molar-refractivity contribution < 1.29 is 9.53 Å². The van der Waals surface area contributed by atoms with Crippen LogP contribution in [0.5, 0.6) is 0 Å². The molecule has 122 valence electrons. The van der Waals surface area contributed by atoms with Crippen LogP contribution in [0.15, 0.2) is 60.7 Å². The Balaban J connectivity index is 1.62. The van der Waals surface area contributed by atoms with E-state index in [0.29, 0.717) is 11.8 Å². The number of methoxy groups -OCH3 is 1. The molecule has 0 unspecified atom stereocenters. The Morgan fingerprint density at radius 2 is 1.79 bits per heavy atom. The Morgan fingerprint density at radius 3 is 2.58 bits per heavy atom. The van der Waals surface area contributed by atoms with Gasteiger partial charge in [0.25, 0.3) is 0 Å². The molecular formula is C21H21NO2. The summed E-state index contributed by atoms with van der Waals surface area (Å²) in [6.45, 7) is 2.98. The highest BCUT2D eigenvalue weighted by Crippen LogP contribution is 2.50. The van der Waals surface area contributed by atoms with Gasteiger partial charge >= 0.3 is 5.97 Å². The predicted molar refractivity (Wildman–Crippen MR) is 94.4 cm³/mol. The quantitative estimate of drug-likeness (QED) is 0.641. The summed E-state index contributed by atoms with van der Waals surface area (Å²) in [6.07, 6.45) is 1.69. The first-order valence-electron chi connectivity index (χ1n) is 8.41. The summed E-state index contributed by atoms with van der Waals surface area (Å²) in [5, 5.41) is 0. The van der Waals surface area contributed by atoms with Gasteiger partial charge in [-0.3, -0.25) is 4.90 Å². The Bertz CT molecular complexity index is 781. The van der Waals surface area contributed by atoms with Crippen molar-refractivity contribution in [1.29, 1.82) is 0 Å². The minimum absolute atomic E-state index is 0.262. The van der Waals surface area contributed by atoms with E-state index < -0.39 is 0 Å². The van der Waals surface area contributed by atoms with Gasteiger partial charge in [-0.1, -0.05) is 54.6 Å². The summed E-state index contributed by atoms with van der Waals surface area (Å²) in [7, 11) is 1.44. The molecule has 1 saturated heterocycles. The molecule has 3 nitrogen and oxygen atoms in total. The average molecular weight is 319 g/mol. The molecule has 0 bridgehead atoms. The minimum atomic E-state index is -0.262. The second-order valence-electron chi connectivity index (χ2n) is 6.60. The SMILES string of the molecule is COC(=O)C=C1c2ccccc2[C@@H]2CN(Cc3ccccc3)C[C@H]12. The first-order chi connectivity index (χ1) is 11.8. The number of carbonyl (C=O) groups excluding carboxylic acids is 1. The summed E-state index contributed by atoms with van der Waals surface area (Å²) < 4.78 is 4.87. The molecule has 4 rings (SSSR count). The van der Waals surface area contributed by atoms with Crippen LogP contribution in [0.2, 0.25) is 0 Å². The number of nitrogens with zero attached hydrogens (tertiary/aromatic N) is 1. The molecule has 0 spiro atoms. The fraction of sp³-hybridized carbons (Fsp3) is 0.286. The lowest BCUT2D eigenvalue weighted by molar-refractivity contribution is -0.134. The second-order valence-corrected chi connectivity index (χ2v) is 6.60. The molecule has 0 radical (unpaired) electrons. The number of likely N-dealkylation sites (tertiary alicyclic amines) is 1. The van der Waals surface area contributed by atoms with E-state index in [1.54, 1.807) is 6.08 Å². The molecule has 24 heavy (non-hydrogen) atoms. The standard InChI is InChI=1S/C21H21NO2/c1-24-21(23)11-18-16-9-5-6-10-17(16)19-13-22(14-20(18)19)12-15-7-3-2-4-8-15/h2-11,19-20H,12-14H2,1H3/t19-,20+/m0/s1. The topological polar surface area (TPSA) is 29.5 Å². The fourth-order valence-electron chi connectivity index (χ4n) is 4.14. The molecule has 3 heteroatoms. The van der Waals surface area contributed by atoms with E-state index >= 15 is 0 Å². The van der Waals surface area contributed by atoms with Crippen molar-refractivity contribution in [2.45, 2.75) is 12.5 Å². The smallest absolute Gasteiger partial charge is 0.330 e. The molecule has 1 fully saturated rings. The van der Waals surface area contributed by atoms with Crippen LogP contribution in [0.1, 0.15) is 22.6 Å². The van der Waals surface area contributed by atoms with Gasteiger partial charge in [0.1, 0.15) is 0 Å². The van der Waals surface area contributed by atoms with Crippen LogP contribution < -0.4 is 0 Å². The van der Waals surface area contributed by atoms with Crippen LogP contribution in [-0.4, -0.2) is 31.1 Å².